The topological polar surface area (TPSA) is 51.7 Å². The maximum atomic E-state index is 13.1. The summed E-state index contributed by atoms with van der Waals surface area (Å²) < 4.78 is 10.7. The van der Waals surface area contributed by atoms with Gasteiger partial charge in [0.25, 0.3) is 0 Å². The van der Waals surface area contributed by atoms with Crippen molar-refractivity contribution in [2.75, 3.05) is 27.3 Å². The van der Waals surface area contributed by atoms with Crippen molar-refractivity contribution >= 4 is 17.1 Å². The summed E-state index contributed by atoms with van der Waals surface area (Å²) in [5.41, 5.74) is 1.80. The van der Waals surface area contributed by atoms with Gasteiger partial charge in [-0.25, -0.2) is 4.98 Å². The maximum Gasteiger partial charge on any atom is 0.170 e. The Bertz CT molecular complexity index is 787. The molecule has 6 heteroatoms. The zero-order valence-electron chi connectivity index (χ0n) is 16.5. The molecule has 2 heterocycles. The Hall–Kier alpha value is -1.92. The number of ketones is 1. The number of hydrogen-bond acceptors (Lipinski definition) is 6. The molecule has 146 valence electrons. The monoisotopic (exact) mass is 388 g/mol. The van der Waals surface area contributed by atoms with Crippen molar-refractivity contribution in [1.82, 2.24) is 9.88 Å². The summed E-state index contributed by atoms with van der Waals surface area (Å²) in [6.07, 6.45) is 1.94. The van der Waals surface area contributed by atoms with Gasteiger partial charge in [0, 0.05) is 23.9 Å². The Kier molecular flexibility index (Phi) is 6.50. The minimum Gasteiger partial charge on any atom is -0.497 e. The van der Waals surface area contributed by atoms with Crippen molar-refractivity contribution < 1.29 is 14.3 Å². The van der Waals surface area contributed by atoms with Crippen LogP contribution in [-0.4, -0.2) is 43.0 Å². The normalized spacial score (nSPS) is 17.9. The minimum atomic E-state index is -0.00873. The molecular formula is C21H28N2O3S. The fourth-order valence-corrected chi connectivity index (χ4v) is 4.49. The average molecular weight is 389 g/mol. The summed E-state index contributed by atoms with van der Waals surface area (Å²) in [5.74, 6) is 1.87. The Labute approximate surface area is 165 Å². The zero-order chi connectivity index (χ0) is 19.4. The largest absolute Gasteiger partial charge is 0.497 e. The molecule has 1 saturated heterocycles. The van der Waals surface area contributed by atoms with Gasteiger partial charge < -0.3 is 9.47 Å². The first-order valence-electron chi connectivity index (χ1n) is 9.44. The van der Waals surface area contributed by atoms with Gasteiger partial charge in [-0.1, -0.05) is 13.8 Å². The van der Waals surface area contributed by atoms with E-state index in [0.717, 1.165) is 43.2 Å². The SMILES string of the molecule is COc1ccc(C(=O)[C@H]2CCCN(Cc3nc(C(C)C)cs3)C2)c(OC)c1. The number of methoxy groups -OCH3 is 2. The smallest absolute Gasteiger partial charge is 0.170 e. The Morgan fingerprint density at radius 3 is 2.81 bits per heavy atom. The van der Waals surface area contributed by atoms with Crippen molar-refractivity contribution in [1.29, 1.82) is 0 Å². The van der Waals surface area contributed by atoms with Crippen LogP contribution >= 0.6 is 11.3 Å². The zero-order valence-corrected chi connectivity index (χ0v) is 17.3. The number of aromatic nitrogens is 1. The molecule has 1 aliphatic rings. The molecule has 0 unspecified atom stereocenters. The van der Waals surface area contributed by atoms with E-state index in [4.69, 9.17) is 14.5 Å². The first-order chi connectivity index (χ1) is 13.0. The molecule has 1 aliphatic heterocycles. The number of ether oxygens (including phenoxy) is 2. The van der Waals surface area contributed by atoms with E-state index in [0.29, 0.717) is 23.0 Å². The molecule has 0 bridgehead atoms. The maximum absolute atomic E-state index is 13.1. The van der Waals surface area contributed by atoms with Crippen molar-refractivity contribution in [3.05, 3.63) is 39.8 Å². The second-order valence-electron chi connectivity index (χ2n) is 7.33. The van der Waals surface area contributed by atoms with Gasteiger partial charge in [0.15, 0.2) is 5.78 Å². The number of thiazole rings is 1. The highest BCUT2D eigenvalue weighted by molar-refractivity contribution is 7.09. The van der Waals surface area contributed by atoms with Gasteiger partial charge in [-0.2, -0.15) is 0 Å². The van der Waals surface area contributed by atoms with E-state index in [2.05, 4.69) is 24.1 Å². The van der Waals surface area contributed by atoms with Crippen LogP contribution in [-0.2, 0) is 6.54 Å². The lowest BCUT2D eigenvalue weighted by Gasteiger charge is -2.31. The van der Waals surface area contributed by atoms with Crippen molar-refractivity contribution in [2.24, 2.45) is 5.92 Å². The summed E-state index contributed by atoms with van der Waals surface area (Å²) in [6.45, 7) is 6.93. The van der Waals surface area contributed by atoms with Crippen LogP contribution < -0.4 is 9.47 Å². The lowest BCUT2D eigenvalue weighted by molar-refractivity contribution is 0.0808. The quantitative estimate of drug-likeness (QED) is 0.659. The molecule has 0 N–H and O–H groups in total. The number of likely N-dealkylation sites (tertiary alicyclic amines) is 1. The molecule has 0 saturated carbocycles. The average Bonchev–Trinajstić information content (AvgIpc) is 3.16. The molecule has 27 heavy (non-hydrogen) atoms. The molecule has 0 aliphatic carbocycles. The summed E-state index contributed by atoms with van der Waals surface area (Å²) in [7, 11) is 3.20. The molecule has 1 aromatic heterocycles. The van der Waals surface area contributed by atoms with Gasteiger partial charge in [0.2, 0.25) is 0 Å². The number of carbonyl (C=O) groups is 1. The van der Waals surface area contributed by atoms with E-state index in [9.17, 15) is 4.79 Å². The van der Waals surface area contributed by atoms with Gasteiger partial charge in [-0.3, -0.25) is 9.69 Å². The van der Waals surface area contributed by atoms with Crippen molar-refractivity contribution in [2.45, 2.75) is 39.2 Å². The lowest BCUT2D eigenvalue weighted by Crippen LogP contribution is -2.38. The Morgan fingerprint density at radius 2 is 2.15 bits per heavy atom. The highest BCUT2D eigenvalue weighted by Gasteiger charge is 2.29. The molecule has 5 nitrogen and oxygen atoms in total. The van der Waals surface area contributed by atoms with Crippen LogP contribution in [0, 0.1) is 5.92 Å². The summed E-state index contributed by atoms with van der Waals surface area (Å²) in [5, 5.41) is 3.28. The minimum absolute atomic E-state index is 0.00873. The number of hydrogen-bond donors (Lipinski definition) is 0. The predicted octanol–water partition coefficient (Wildman–Crippen LogP) is 4.38. The molecule has 1 aromatic carbocycles. The predicted molar refractivity (Wildman–Crippen MR) is 108 cm³/mol. The molecule has 1 atom stereocenters. The van der Waals surface area contributed by atoms with Crippen LogP contribution in [0.5, 0.6) is 11.5 Å². The number of Topliss-reactive ketones (excluding diaryl/α,β-unsaturated/α-hetero) is 1. The van der Waals surface area contributed by atoms with Gasteiger partial charge in [0.05, 0.1) is 32.0 Å². The standard InChI is InChI=1S/C21H28N2O3S/c1-14(2)18-13-27-20(22-18)12-23-9-5-6-15(11-23)21(24)17-8-7-16(25-3)10-19(17)26-4/h7-8,10,13-15H,5-6,9,11-12H2,1-4H3/t15-/m0/s1. The second-order valence-corrected chi connectivity index (χ2v) is 8.27. The van der Waals surface area contributed by atoms with Crippen LogP contribution in [0.2, 0.25) is 0 Å². The van der Waals surface area contributed by atoms with E-state index in [1.807, 2.05) is 12.1 Å². The summed E-state index contributed by atoms with van der Waals surface area (Å²) in [4.78, 5) is 20.2. The number of carbonyl (C=O) groups excluding carboxylic acids is 1. The third-order valence-electron chi connectivity index (χ3n) is 5.07. The van der Waals surface area contributed by atoms with E-state index >= 15 is 0 Å². The van der Waals surface area contributed by atoms with Crippen LogP contribution in [0.15, 0.2) is 23.6 Å². The molecule has 0 spiro atoms. The van der Waals surface area contributed by atoms with Crippen molar-refractivity contribution in [3.8, 4) is 11.5 Å². The van der Waals surface area contributed by atoms with E-state index in [-0.39, 0.29) is 11.7 Å². The van der Waals surface area contributed by atoms with Gasteiger partial charge in [-0.05, 0) is 37.4 Å². The molecule has 2 aromatic rings. The van der Waals surface area contributed by atoms with Crippen LogP contribution in [0.1, 0.15) is 53.7 Å². The number of rotatable bonds is 7. The third kappa shape index (κ3) is 4.68. The summed E-state index contributed by atoms with van der Waals surface area (Å²) >= 11 is 1.72. The van der Waals surface area contributed by atoms with Crippen molar-refractivity contribution in [3.63, 3.8) is 0 Å². The molecule has 3 rings (SSSR count). The molecular weight excluding hydrogens is 360 g/mol. The molecule has 1 fully saturated rings. The first-order valence-corrected chi connectivity index (χ1v) is 10.3. The number of benzene rings is 1. The highest BCUT2D eigenvalue weighted by atomic mass is 32.1. The van der Waals surface area contributed by atoms with Gasteiger partial charge in [0.1, 0.15) is 16.5 Å². The number of piperidine rings is 1. The summed E-state index contributed by atoms with van der Waals surface area (Å²) in [6, 6.07) is 5.41. The van der Waals surface area contributed by atoms with E-state index in [1.54, 1.807) is 31.6 Å². The third-order valence-corrected chi connectivity index (χ3v) is 5.92. The van der Waals surface area contributed by atoms with Crippen LogP contribution in [0.3, 0.4) is 0 Å². The first kappa shape index (κ1) is 19.8. The fraction of sp³-hybridized carbons (Fsp3) is 0.524. The Balaban J connectivity index is 1.69. The Morgan fingerprint density at radius 1 is 1.33 bits per heavy atom. The van der Waals surface area contributed by atoms with Crippen LogP contribution in [0.25, 0.3) is 0 Å². The van der Waals surface area contributed by atoms with Gasteiger partial charge >= 0.3 is 0 Å². The fourth-order valence-electron chi connectivity index (χ4n) is 3.49. The van der Waals surface area contributed by atoms with E-state index in [1.165, 1.54) is 0 Å². The van der Waals surface area contributed by atoms with Crippen LogP contribution in [0.4, 0.5) is 0 Å². The molecule has 0 radical (unpaired) electrons. The number of nitrogens with zero attached hydrogens (tertiary/aromatic N) is 2. The molecule has 0 amide bonds. The second kappa shape index (κ2) is 8.85. The van der Waals surface area contributed by atoms with Gasteiger partial charge in [-0.15, -0.1) is 11.3 Å². The highest BCUT2D eigenvalue weighted by Crippen LogP contribution is 2.30. The van der Waals surface area contributed by atoms with E-state index < -0.39 is 0 Å². The lowest BCUT2D eigenvalue weighted by atomic mass is 9.89.